The molecule has 1 aromatic heterocycles. The second-order valence-corrected chi connectivity index (χ2v) is 7.87. The van der Waals surface area contributed by atoms with Gasteiger partial charge in [-0.15, -0.1) is 0 Å². The van der Waals surface area contributed by atoms with Crippen LogP contribution in [0.25, 0.3) is 0 Å². The minimum atomic E-state index is -0.917. The van der Waals surface area contributed by atoms with E-state index in [1.807, 2.05) is 4.90 Å². The van der Waals surface area contributed by atoms with Crippen molar-refractivity contribution in [2.24, 2.45) is 0 Å². The number of hydrogen-bond acceptors (Lipinski definition) is 9. The van der Waals surface area contributed by atoms with E-state index in [0.29, 0.717) is 38.2 Å². The first kappa shape index (κ1) is 22.0. The fourth-order valence-electron chi connectivity index (χ4n) is 3.71. The predicted octanol–water partition coefficient (Wildman–Crippen LogP) is 3.30. The number of aromatic nitrogens is 2. The number of hydrogen-bond donors (Lipinski definition) is 0. The molecule has 1 unspecified atom stereocenters. The zero-order chi connectivity index (χ0) is 22.7. The van der Waals surface area contributed by atoms with Crippen LogP contribution in [0.1, 0.15) is 31.9 Å². The lowest BCUT2D eigenvalue weighted by Crippen LogP contribution is -2.33. The van der Waals surface area contributed by atoms with Crippen LogP contribution in [0.15, 0.2) is 35.3 Å². The first-order valence-electron chi connectivity index (χ1n) is 10.2. The molecule has 0 aliphatic carbocycles. The van der Waals surface area contributed by atoms with Crippen LogP contribution < -0.4 is 15.2 Å². The Bertz CT molecular complexity index is 1050. The van der Waals surface area contributed by atoms with Crippen LogP contribution in [0.5, 0.6) is 5.75 Å². The largest absolute Gasteiger partial charge is 0.514 e. The molecule has 0 amide bonds. The lowest BCUT2D eigenvalue weighted by Gasteiger charge is -2.25. The van der Waals surface area contributed by atoms with E-state index in [0.717, 1.165) is 12.8 Å². The molecule has 11 nitrogen and oxygen atoms in total. The van der Waals surface area contributed by atoms with Crippen LogP contribution in [0.2, 0.25) is 5.02 Å². The Balaban J connectivity index is 1.35. The van der Waals surface area contributed by atoms with Gasteiger partial charge in [-0.1, -0.05) is 11.6 Å². The predicted molar refractivity (Wildman–Crippen MR) is 113 cm³/mol. The van der Waals surface area contributed by atoms with Crippen molar-refractivity contribution in [3.05, 3.63) is 56.0 Å². The Morgan fingerprint density at radius 1 is 1.25 bits per heavy atom. The molecule has 2 atom stereocenters. The van der Waals surface area contributed by atoms with Crippen molar-refractivity contribution in [2.45, 2.75) is 38.0 Å². The van der Waals surface area contributed by atoms with Crippen LogP contribution >= 0.6 is 11.6 Å². The highest BCUT2D eigenvalue weighted by molar-refractivity contribution is 6.33. The number of nitro groups is 1. The number of carbonyl (C=O) groups is 1. The number of carbonyl (C=O) groups excluding carboxylic acids is 1. The summed E-state index contributed by atoms with van der Waals surface area (Å²) in [6.45, 7) is 1.42. The molecule has 32 heavy (non-hydrogen) atoms. The van der Waals surface area contributed by atoms with Crippen LogP contribution in [-0.4, -0.2) is 46.7 Å². The van der Waals surface area contributed by atoms with Gasteiger partial charge in [-0.05, 0) is 31.4 Å². The number of nitrogens with zero attached hydrogens (tertiary/aromatic N) is 4. The molecule has 2 fully saturated rings. The van der Waals surface area contributed by atoms with Gasteiger partial charge in [0.1, 0.15) is 16.9 Å². The molecular formula is C20H21ClN4O7. The molecule has 170 valence electrons. The fraction of sp³-hybridized carbons (Fsp3) is 0.450. The van der Waals surface area contributed by atoms with Crippen molar-refractivity contribution >= 4 is 29.1 Å². The number of halogens is 1. The quantitative estimate of drug-likeness (QED) is 0.283. The molecule has 0 radical (unpaired) electrons. The molecule has 2 saturated heterocycles. The first-order valence-corrected chi connectivity index (χ1v) is 10.6. The Kier molecular flexibility index (Phi) is 6.56. The van der Waals surface area contributed by atoms with Gasteiger partial charge in [0.25, 0.3) is 11.2 Å². The summed E-state index contributed by atoms with van der Waals surface area (Å²) >= 11 is 6.34. The molecule has 0 N–H and O–H groups in total. The summed E-state index contributed by atoms with van der Waals surface area (Å²) in [6.07, 6.45) is 2.86. The van der Waals surface area contributed by atoms with Crippen LogP contribution in [0.4, 0.5) is 16.2 Å². The van der Waals surface area contributed by atoms with E-state index in [4.69, 9.17) is 25.8 Å². The van der Waals surface area contributed by atoms with E-state index in [-0.39, 0.29) is 16.5 Å². The third kappa shape index (κ3) is 4.83. The van der Waals surface area contributed by atoms with Gasteiger partial charge in [-0.25, -0.2) is 4.79 Å². The Morgan fingerprint density at radius 3 is 2.72 bits per heavy atom. The lowest BCUT2D eigenvalue weighted by atomic mass is 10.2. The van der Waals surface area contributed by atoms with Crippen molar-refractivity contribution in [3.8, 4) is 5.75 Å². The summed E-state index contributed by atoms with van der Waals surface area (Å²) < 4.78 is 17.3. The molecule has 4 rings (SSSR count). The number of non-ortho nitro benzene ring substituents is 1. The van der Waals surface area contributed by atoms with Crippen LogP contribution in [0.3, 0.4) is 0 Å². The van der Waals surface area contributed by atoms with E-state index in [2.05, 4.69) is 5.10 Å². The monoisotopic (exact) mass is 464 g/mol. The molecule has 0 bridgehead atoms. The van der Waals surface area contributed by atoms with E-state index >= 15 is 0 Å². The number of nitro benzene ring substituents is 1. The molecule has 12 heteroatoms. The maximum absolute atomic E-state index is 12.7. The average Bonchev–Trinajstić information content (AvgIpc) is 3.24. The molecule has 2 aromatic rings. The zero-order valence-electron chi connectivity index (χ0n) is 17.0. The third-order valence-corrected chi connectivity index (χ3v) is 5.71. The van der Waals surface area contributed by atoms with Crippen molar-refractivity contribution in [3.63, 3.8) is 0 Å². The molecule has 0 saturated carbocycles. The van der Waals surface area contributed by atoms with Gasteiger partial charge < -0.3 is 19.1 Å². The summed E-state index contributed by atoms with van der Waals surface area (Å²) in [5, 5.41) is 15.0. The van der Waals surface area contributed by atoms with Gasteiger partial charge in [0.05, 0.1) is 23.4 Å². The van der Waals surface area contributed by atoms with E-state index in [1.54, 1.807) is 0 Å². The average molecular weight is 465 g/mol. The van der Waals surface area contributed by atoms with Gasteiger partial charge in [0.15, 0.2) is 6.23 Å². The summed E-state index contributed by atoms with van der Waals surface area (Å²) in [6, 6.07) is 5.10. The van der Waals surface area contributed by atoms with Crippen molar-refractivity contribution in [2.75, 3.05) is 24.6 Å². The number of rotatable bonds is 5. The van der Waals surface area contributed by atoms with E-state index in [1.165, 1.54) is 35.1 Å². The molecule has 3 heterocycles. The molecule has 0 spiro atoms. The van der Waals surface area contributed by atoms with Gasteiger partial charge in [0, 0.05) is 31.7 Å². The second-order valence-electron chi connectivity index (χ2n) is 7.49. The fourth-order valence-corrected chi connectivity index (χ4v) is 3.97. The van der Waals surface area contributed by atoms with Gasteiger partial charge in [0.2, 0.25) is 0 Å². The van der Waals surface area contributed by atoms with Gasteiger partial charge in [-0.2, -0.15) is 9.78 Å². The maximum atomic E-state index is 12.7. The zero-order valence-corrected chi connectivity index (χ0v) is 17.8. The second kappa shape index (κ2) is 9.53. The van der Waals surface area contributed by atoms with Crippen molar-refractivity contribution in [1.82, 2.24) is 9.78 Å². The molecule has 2 aliphatic heterocycles. The standard InChI is InChI=1S/C20H21ClN4O7/c21-18-16(11-22-24(19(18)26)17-3-1-2-10-30-17)23-9-8-15(12-23)32-20(27)31-14-6-4-13(5-7-14)25(28)29/h4-7,11,15,17H,1-3,8-10,12H2/t15-,17?/m1/s1. The Labute approximate surface area is 187 Å². The normalized spacial score (nSPS) is 20.7. The number of benzene rings is 1. The molecular weight excluding hydrogens is 444 g/mol. The third-order valence-electron chi connectivity index (χ3n) is 5.35. The molecule has 1 aromatic carbocycles. The number of anilines is 1. The molecule has 2 aliphatic rings. The highest BCUT2D eigenvalue weighted by atomic mass is 35.5. The van der Waals surface area contributed by atoms with Crippen LogP contribution in [0, 0.1) is 10.1 Å². The highest BCUT2D eigenvalue weighted by Crippen LogP contribution is 2.28. The van der Waals surface area contributed by atoms with Gasteiger partial charge >= 0.3 is 6.16 Å². The summed E-state index contributed by atoms with van der Waals surface area (Å²) in [5.74, 6) is 0.135. The van der Waals surface area contributed by atoms with Crippen LogP contribution in [-0.2, 0) is 9.47 Å². The summed E-state index contributed by atoms with van der Waals surface area (Å²) in [5.41, 5.74) is -0.0591. The maximum Gasteiger partial charge on any atom is 0.514 e. The summed E-state index contributed by atoms with van der Waals surface area (Å²) in [7, 11) is 0. The summed E-state index contributed by atoms with van der Waals surface area (Å²) in [4.78, 5) is 36.7. The first-order chi connectivity index (χ1) is 15.4. The van der Waals surface area contributed by atoms with Crippen molar-refractivity contribution in [1.29, 1.82) is 0 Å². The van der Waals surface area contributed by atoms with Gasteiger partial charge in [-0.3, -0.25) is 14.9 Å². The smallest absolute Gasteiger partial charge is 0.429 e. The minimum Gasteiger partial charge on any atom is -0.429 e. The number of ether oxygens (including phenoxy) is 3. The lowest BCUT2D eigenvalue weighted by molar-refractivity contribution is -0.384. The van der Waals surface area contributed by atoms with Crippen molar-refractivity contribution < 1.29 is 23.9 Å². The van der Waals surface area contributed by atoms with E-state index < -0.39 is 29.0 Å². The minimum absolute atomic E-state index is 0.0447. The van der Waals surface area contributed by atoms with E-state index in [9.17, 15) is 19.7 Å². The Hall–Kier alpha value is -3.18. The Morgan fingerprint density at radius 2 is 2.03 bits per heavy atom. The highest BCUT2D eigenvalue weighted by Gasteiger charge is 2.30. The SMILES string of the molecule is O=C(Oc1ccc([N+](=O)[O-])cc1)O[C@@H]1CCN(c2cnn(C3CCCCO3)c(=O)c2Cl)C1. The topological polar surface area (TPSA) is 126 Å².